The third-order valence-corrected chi connectivity index (χ3v) is 4.46. The van der Waals surface area contributed by atoms with Crippen LogP contribution >= 0.6 is 0 Å². The molecule has 1 atom stereocenters. The lowest BCUT2D eigenvalue weighted by Crippen LogP contribution is -2.26. The number of amides is 1. The van der Waals surface area contributed by atoms with Crippen LogP contribution < -0.4 is 11.2 Å². The maximum absolute atomic E-state index is 11.9. The van der Waals surface area contributed by atoms with E-state index in [0.29, 0.717) is 0 Å². The predicted molar refractivity (Wildman–Crippen MR) is 74.0 cm³/mol. The standard InChI is InChI=1S/C12H19N3O4S/c1-9(14-19-8-12(13)16)10-4-6-11(7-5-10)20(17,18)15(2)3/h4-7,9,14H,8H2,1-3H3,(H2,13,16). The number of rotatable bonds is 7. The first kappa shape index (κ1) is 16.6. The molecule has 0 spiro atoms. The van der Waals surface area contributed by atoms with E-state index in [1.807, 2.05) is 6.92 Å². The van der Waals surface area contributed by atoms with Gasteiger partial charge in [0.15, 0.2) is 0 Å². The fraction of sp³-hybridized carbons (Fsp3) is 0.417. The van der Waals surface area contributed by atoms with Gasteiger partial charge >= 0.3 is 0 Å². The van der Waals surface area contributed by atoms with Crippen molar-refractivity contribution in [3.05, 3.63) is 29.8 Å². The molecule has 20 heavy (non-hydrogen) atoms. The van der Waals surface area contributed by atoms with Gasteiger partial charge < -0.3 is 5.73 Å². The van der Waals surface area contributed by atoms with Crippen molar-refractivity contribution < 1.29 is 18.0 Å². The summed E-state index contributed by atoms with van der Waals surface area (Å²) < 4.78 is 24.9. The first-order valence-corrected chi connectivity index (χ1v) is 7.37. The minimum Gasteiger partial charge on any atom is -0.368 e. The number of hydrogen-bond donors (Lipinski definition) is 2. The fourth-order valence-corrected chi connectivity index (χ4v) is 2.35. The van der Waals surface area contributed by atoms with Crippen LogP contribution in [-0.2, 0) is 19.7 Å². The molecule has 112 valence electrons. The molecule has 0 saturated carbocycles. The highest BCUT2D eigenvalue weighted by Crippen LogP contribution is 2.18. The van der Waals surface area contributed by atoms with Gasteiger partial charge in [0.1, 0.15) is 6.61 Å². The smallest absolute Gasteiger partial charge is 0.245 e. The zero-order valence-electron chi connectivity index (χ0n) is 11.7. The quantitative estimate of drug-likeness (QED) is 0.690. The number of nitrogens with one attached hydrogen (secondary N) is 1. The summed E-state index contributed by atoms with van der Waals surface area (Å²) in [5, 5.41) is 0. The molecule has 0 aromatic heterocycles. The molecule has 8 heteroatoms. The second-order valence-electron chi connectivity index (χ2n) is 4.45. The van der Waals surface area contributed by atoms with E-state index in [1.165, 1.54) is 26.2 Å². The van der Waals surface area contributed by atoms with Crippen molar-refractivity contribution in [2.45, 2.75) is 17.9 Å². The normalized spacial score (nSPS) is 13.4. The summed E-state index contributed by atoms with van der Waals surface area (Å²) in [7, 11) is -0.472. The molecule has 1 rings (SSSR count). The van der Waals surface area contributed by atoms with E-state index in [9.17, 15) is 13.2 Å². The predicted octanol–water partition coefficient (Wildman–Crippen LogP) is 0.00440. The van der Waals surface area contributed by atoms with Gasteiger partial charge in [-0.2, -0.15) is 5.48 Å². The van der Waals surface area contributed by atoms with Gasteiger partial charge in [0.25, 0.3) is 0 Å². The van der Waals surface area contributed by atoms with E-state index in [1.54, 1.807) is 12.1 Å². The lowest BCUT2D eigenvalue weighted by atomic mass is 10.1. The molecule has 0 fully saturated rings. The minimum atomic E-state index is -3.43. The molecule has 0 bridgehead atoms. The van der Waals surface area contributed by atoms with Crippen molar-refractivity contribution in [3.8, 4) is 0 Å². The number of benzene rings is 1. The van der Waals surface area contributed by atoms with E-state index in [-0.39, 0.29) is 17.5 Å². The van der Waals surface area contributed by atoms with Crippen LogP contribution in [0, 0.1) is 0 Å². The van der Waals surface area contributed by atoms with Crippen LogP contribution in [0.1, 0.15) is 18.5 Å². The second-order valence-corrected chi connectivity index (χ2v) is 6.60. The molecule has 0 saturated heterocycles. The van der Waals surface area contributed by atoms with E-state index < -0.39 is 15.9 Å². The minimum absolute atomic E-state index is 0.203. The summed E-state index contributed by atoms with van der Waals surface area (Å²) in [6.45, 7) is 1.59. The van der Waals surface area contributed by atoms with Crippen LogP contribution in [0.2, 0.25) is 0 Å². The van der Waals surface area contributed by atoms with E-state index >= 15 is 0 Å². The molecule has 1 unspecified atom stereocenters. The van der Waals surface area contributed by atoms with Gasteiger partial charge in [-0.1, -0.05) is 12.1 Å². The lowest BCUT2D eigenvalue weighted by Gasteiger charge is -2.15. The molecule has 1 aromatic carbocycles. The first-order valence-electron chi connectivity index (χ1n) is 5.93. The molecule has 1 aromatic rings. The molecule has 7 nitrogen and oxygen atoms in total. The van der Waals surface area contributed by atoms with Gasteiger partial charge in [0, 0.05) is 14.1 Å². The Morgan fingerprint density at radius 1 is 1.35 bits per heavy atom. The molecule has 0 aliphatic carbocycles. The van der Waals surface area contributed by atoms with Crippen molar-refractivity contribution >= 4 is 15.9 Å². The number of hydroxylamine groups is 1. The maximum Gasteiger partial charge on any atom is 0.245 e. The Morgan fingerprint density at radius 3 is 2.35 bits per heavy atom. The Labute approximate surface area is 118 Å². The SMILES string of the molecule is CC(NOCC(N)=O)c1ccc(S(=O)(=O)N(C)C)cc1. The van der Waals surface area contributed by atoms with Gasteiger partial charge in [-0.05, 0) is 24.6 Å². The van der Waals surface area contributed by atoms with Gasteiger partial charge in [-0.3, -0.25) is 9.63 Å². The van der Waals surface area contributed by atoms with E-state index in [2.05, 4.69) is 5.48 Å². The average Bonchev–Trinajstić information content (AvgIpc) is 2.38. The molecule has 0 aliphatic heterocycles. The number of carbonyl (C=O) groups is 1. The fourth-order valence-electron chi connectivity index (χ4n) is 1.45. The number of nitrogens with two attached hydrogens (primary N) is 1. The largest absolute Gasteiger partial charge is 0.368 e. The number of nitrogens with zero attached hydrogens (tertiary/aromatic N) is 1. The molecule has 1 amide bonds. The van der Waals surface area contributed by atoms with Crippen LogP contribution in [-0.4, -0.2) is 39.3 Å². The number of primary amides is 1. The number of sulfonamides is 1. The first-order chi connectivity index (χ1) is 9.25. The topological polar surface area (TPSA) is 102 Å². The van der Waals surface area contributed by atoms with Gasteiger partial charge in [0.2, 0.25) is 15.9 Å². The summed E-state index contributed by atoms with van der Waals surface area (Å²) in [5.74, 6) is -0.572. The van der Waals surface area contributed by atoms with Crippen LogP contribution in [0.5, 0.6) is 0 Å². The van der Waals surface area contributed by atoms with Crippen LogP contribution in [0.4, 0.5) is 0 Å². The number of hydrogen-bond acceptors (Lipinski definition) is 5. The molecular formula is C12H19N3O4S. The Hall–Kier alpha value is -1.48. The zero-order chi connectivity index (χ0) is 15.3. The van der Waals surface area contributed by atoms with E-state index in [0.717, 1.165) is 9.87 Å². The Bertz CT molecular complexity index is 555. The van der Waals surface area contributed by atoms with Crippen molar-refractivity contribution in [1.29, 1.82) is 0 Å². The third-order valence-electron chi connectivity index (χ3n) is 2.63. The van der Waals surface area contributed by atoms with Crippen molar-refractivity contribution in [2.24, 2.45) is 5.73 Å². The lowest BCUT2D eigenvalue weighted by molar-refractivity contribution is -0.126. The van der Waals surface area contributed by atoms with Gasteiger partial charge in [0.05, 0.1) is 10.9 Å². The maximum atomic E-state index is 11.9. The summed E-state index contributed by atoms with van der Waals surface area (Å²) in [5.41, 5.74) is 8.41. The van der Waals surface area contributed by atoms with Crippen molar-refractivity contribution in [3.63, 3.8) is 0 Å². The Balaban J connectivity index is 2.74. The zero-order valence-corrected chi connectivity index (χ0v) is 12.5. The van der Waals surface area contributed by atoms with Gasteiger partial charge in [-0.15, -0.1) is 0 Å². The summed E-state index contributed by atoms with van der Waals surface area (Å²) in [6, 6.07) is 6.21. The Morgan fingerprint density at radius 2 is 1.90 bits per heavy atom. The molecule has 0 heterocycles. The van der Waals surface area contributed by atoms with Crippen LogP contribution in [0.3, 0.4) is 0 Å². The highest BCUT2D eigenvalue weighted by atomic mass is 32.2. The molecule has 0 radical (unpaired) electrons. The molecule has 0 aliphatic rings. The second kappa shape index (κ2) is 6.80. The number of carbonyl (C=O) groups excluding carboxylic acids is 1. The monoisotopic (exact) mass is 301 g/mol. The summed E-state index contributed by atoms with van der Waals surface area (Å²) in [4.78, 5) is 15.6. The summed E-state index contributed by atoms with van der Waals surface area (Å²) >= 11 is 0. The van der Waals surface area contributed by atoms with Gasteiger partial charge in [-0.25, -0.2) is 12.7 Å². The highest BCUT2D eigenvalue weighted by molar-refractivity contribution is 7.89. The van der Waals surface area contributed by atoms with E-state index in [4.69, 9.17) is 10.6 Å². The Kier molecular flexibility index (Phi) is 5.63. The van der Waals surface area contributed by atoms with Crippen molar-refractivity contribution in [1.82, 2.24) is 9.79 Å². The average molecular weight is 301 g/mol. The van der Waals surface area contributed by atoms with Crippen LogP contribution in [0.25, 0.3) is 0 Å². The molecular weight excluding hydrogens is 282 g/mol. The third kappa shape index (κ3) is 4.27. The van der Waals surface area contributed by atoms with Crippen molar-refractivity contribution in [2.75, 3.05) is 20.7 Å². The van der Waals surface area contributed by atoms with Crippen LogP contribution in [0.15, 0.2) is 29.2 Å². The molecule has 3 N–H and O–H groups in total. The summed E-state index contributed by atoms with van der Waals surface area (Å²) in [6.07, 6.45) is 0. The highest BCUT2D eigenvalue weighted by Gasteiger charge is 2.17.